The van der Waals surface area contributed by atoms with Gasteiger partial charge in [0.1, 0.15) is 0 Å². The largest absolute Gasteiger partial charge is 0.324 e. The molecule has 0 aromatic carbocycles. The summed E-state index contributed by atoms with van der Waals surface area (Å²) in [5, 5.41) is 4.40. The maximum Gasteiger partial charge on any atom is 0.0335 e. The zero-order valence-electron chi connectivity index (χ0n) is 6.00. The van der Waals surface area contributed by atoms with Gasteiger partial charge < -0.3 is 5.73 Å². The van der Waals surface area contributed by atoms with Crippen molar-refractivity contribution in [3.63, 3.8) is 0 Å². The van der Waals surface area contributed by atoms with Crippen molar-refractivity contribution in [3.8, 4) is 0 Å². The predicted molar refractivity (Wildman–Crippen MR) is 44.1 cm³/mol. The van der Waals surface area contributed by atoms with E-state index in [9.17, 15) is 0 Å². The lowest BCUT2D eigenvalue weighted by Gasteiger charge is -2.07. The van der Waals surface area contributed by atoms with Crippen LogP contribution in [0.25, 0.3) is 0 Å². The molecule has 0 spiro atoms. The lowest BCUT2D eigenvalue weighted by atomic mass is 10.1. The average Bonchev–Trinajstić information content (AvgIpc) is 2.41. The fourth-order valence-electron chi connectivity index (χ4n) is 1.57. The molecule has 1 heterocycles. The van der Waals surface area contributed by atoms with Gasteiger partial charge >= 0.3 is 0 Å². The topological polar surface area (TPSA) is 26.0 Å². The van der Waals surface area contributed by atoms with Crippen molar-refractivity contribution in [2.75, 3.05) is 0 Å². The summed E-state index contributed by atoms with van der Waals surface area (Å²) in [6.45, 7) is 2.22. The first kappa shape index (κ1) is 6.38. The highest BCUT2D eigenvalue weighted by Crippen LogP contribution is 2.35. The number of hydrogen-bond donors (Lipinski definition) is 1. The molecule has 1 aromatic rings. The number of fused-ring (bicyclic) bond motifs is 1. The van der Waals surface area contributed by atoms with E-state index in [4.69, 9.17) is 5.73 Å². The molecule has 2 unspecified atom stereocenters. The average molecular weight is 153 g/mol. The predicted octanol–water partition coefficient (Wildman–Crippen LogP) is 1.94. The van der Waals surface area contributed by atoms with Crippen LogP contribution < -0.4 is 5.73 Å². The fraction of sp³-hybridized carbons (Fsp3) is 0.500. The van der Waals surface area contributed by atoms with E-state index in [0.29, 0.717) is 12.0 Å². The lowest BCUT2D eigenvalue weighted by Crippen LogP contribution is -2.13. The van der Waals surface area contributed by atoms with E-state index >= 15 is 0 Å². The third-order valence-electron chi connectivity index (χ3n) is 2.29. The quantitative estimate of drug-likeness (QED) is 0.605. The van der Waals surface area contributed by atoms with Crippen LogP contribution in [0.4, 0.5) is 0 Å². The first-order valence-electron chi connectivity index (χ1n) is 3.59. The third-order valence-corrected chi connectivity index (χ3v) is 3.10. The summed E-state index contributed by atoms with van der Waals surface area (Å²) < 4.78 is 0. The zero-order chi connectivity index (χ0) is 7.14. The van der Waals surface area contributed by atoms with Crippen LogP contribution in [0.1, 0.15) is 24.1 Å². The Labute approximate surface area is 64.9 Å². The van der Waals surface area contributed by atoms with Crippen LogP contribution in [0.5, 0.6) is 0 Å². The molecule has 54 valence electrons. The Morgan fingerprint density at radius 1 is 1.60 bits per heavy atom. The minimum Gasteiger partial charge on any atom is -0.324 e. The molecule has 0 amide bonds. The molecule has 0 radical (unpaired) electrons. The number of hydrogen-bond acceptors (Lipinski definition) is 2. The van der Waals surface area contributed by atoms with E-state index in [1.54, 1.807) is 11.3 Å². The van der Waals surface area contributed by atoms with Gasteiger partial charge in [-0.15, -0.1) is 0 Å². The van der Waals surface area contributed by atoms with Gasteiger partial charge in [0.15, 0.2) is 0 Å². The maximum absolute atomic E-state index is 5.94. The van der Waals surface area contributed by atoms with Crippen LogP contribution in [-0.2, 0) is 6.42 Å². The van der Waals surface area contributed by atoms with Gasteiger partial charge in [0.25, 0.3) is 0 Å². The summed E-state index contributed by atoms with van der Waals surface area (Å²) in [6, 6.07) is 0.307. The summed E-state index contributed by atoms with van der Waals surface area (Å²) in [5.74, 6) is 0.651. The molecule has 2 atom stereocenters. The Kier molecular flexibility index (Phi) is 1.32. The van der Waals surface area contributed by atoms with E-state index in [1.165, 1.54) is 17.5 Å². The molecule has 10 heavy (non-hydrogen) atoms. The van der Waals surface area contributed by atoms with Gasteiger partial charge in [0.05, 0.1) is 0 Å². The van der Waals surface area contributed by atoms with Gasteiger partial charge in [0, 0.05) is 6.04 Å². The Morgan fingerprint density at radius 2 is 2.40 bits per heavy atom. The molecule has 0 saturated heterocycles. The van der Waals surface area contributed by atoms with E-state index in [1.807, 2.05) is 0 Å². The fourth-order valence-corrected chi connectivity index (χ4v) is 2.49. The van der Waals surface area contributed by atoms with Gasteiger partial charge in [-0.3, -0.25) is 0 Å². The molecule has 1 aromatic heterocycles. The second-order valence-electron chi connectivity index (χ2n) is 3.06. The van der Waals surface area contributed by atoms with Crippen LogP contribution >= 0.6 is 11.3 Å². The summed E-state index contributed by atoms with van der Waals surface area (Å²) in [6.07, 6.45) is 1.18. The van der Waals surface area contributed by atoms with Gasteiger partial charge in [-0.25, -0.2) is 0 Å². The summed E-state index contributed by atoms with van der Waals surface area (Å²) >= 11 is 1.77. The van der Waals surface area contributed by atoms with Gasteiger partial charge in [-0.2, -0.15) is 11.3 Å². The SMILES string of the molecule is CC1Cc2cscc2C1N. The van der Waals surface area contributed by atoms with Crippen LogP contribution in [0.15, 0.2) is 10.8 Å². The van der Waals surface area contributed by atoms with Crippen LogP contribution in [0.3, 0.4) is 0 Å². The second kappa shape index (κ2) is 2.07. The highest BCUT2D eigenvalue weighted by atomic mass is 32.1. The highest BCUT2D eigenvalue weighted by molar-refractivity contribution is 7.08. The molecule has 1 aliphatic carbocycles. The molecule has 0 fully saturated rings. The minimum atomic E-state index is 0.307. The first-order chi connectivity index (χ1) is 4.79. The molecule has 0 bridgehead atoms. The molecule has 1 aliphatic rings. The maximum atomic E-state index is 5.94. The number of thiophene rings is 1. The number of rotatable bonds is 0. The summed E-state index contributed by atoms with van der Waals surface area (Å²) in [5.41, 5.74) is 8.80. The smallest absolute Gasteiger partial charge is 0.0335 e. The van der Waals surface area contributed by atoms with E-state index in [-0.39, 0.29) is 0 Å². The Morgan fingerprint density at radius 3 is 3.10 bits per heavy atom. The Hall–Kier alpha value is -0.340. The van der Waals surface area contributed by atoms with Crippen LogP contribution in [-0.4, -0.2) is 0 Å². The van der Waals surface area contributed by atoms with Crippen molar-refractivity contribution < 1.29 is 0 Å². The molecular weight excluding hydrogens is 142 g/mol. The van der Waals surface area contributed by atoms with Crippen molar-refractivity contribution in [2.45, 2.75) is 19.4 Å². The molecular formula is C8H11NS. The Bertz CT molecular complexity index is 241. The first-order valence-corrected chi connectivity index (χ1v) is 4.54. The second-order valence-corrected chi connectivity index (χ2v) is 3.80. The number of nitrogens with two attached hydrogens (primary N) is 1. The Balaban J connectivity index is 2.43. The van der Waals surface area contributed by atoms with Crippen molar-refractivity contribution in [2.24, 2.45) is 11.7 Å². The third kappa shape index (κ3) is 0.724. The minimum absolute atomic E-state index is 0.307. The van der Waals surface area contributed by atoms with Gasteiger partial charge in [-0.05, 0) is 34.2 Å². The summed E-state index contributed by atoms with van der Waals surface area (Å²) in [4.78, 5) is 0. The molecule has 2 N–H and O–H groups in total. The van der Waals surface area contributed by atoms with Gasteiger partial charge in [-0.1, -0.05) is 6.92 Å². The monoisotopic (exact) mass is 153 g/mol. The molecule has 2 rings (SSSR count). The van der Waals surface area contributed by atoms with Gasteiger partial charge in [0.2, 0.25) is 0 Å². The van der Waals surface area contributed by atoms with Crippen molar-refractivity contribution >= 4 is 11.3 Å². The highest BCUT2D eigenvalue weighted by Gasteiger charge is 2.26. The van der Waals surface area contributed by atoms with Crippen LogP contribution in [0.2, 0.25) is 0 Å². The van der Waals surface area contributed by atoms with Crippen molar-refractivity contribution in [1.82, 2.24) is 0 Å². The zero-order valence-corrected chi connectivity index (χ0v) is 6.82. The van der Waals surface area contributed by atoms with E-state index < -0.39 is 0 Å². The standard InChI is InChI=1S/C8H11NS/c1-5-2-6-3-10-4-7(6)8(5)9/h3-5,8H,2,9H2,1H3. The van der Waals surface area contributed by atoms with Crippen LogP contribution in [0, 0.1) is 5.92 Å². The molecule has 1 nitrogen and oxygen atoms in total. The molecule has 0 saturated carbocycles. The van der Waals surface area contributed by atoms with Crippen molar-refractivity contribution in [1.29, 1.82) is 0 Å². The lowest BCUT2D eigenvalue weighted by molar-refractivity contribution is 0.513. The normalized spacial score (nSPS) is 30.6. The summed E-state index contributed by atoms with van der Waals surface area (Å²) in [7, 11) is 0. The van der Waals surface area contributed by atoms with E-state index in [0.717, 1.165) is 0 Å². The van der Waals surface area contributed by atoms with E-state index in [2.05, 4.69) is 17.7 Å². The van der Waals surface area contributed by atoms with Crippen molar-refractivity contribution in [3.05, 3.63) is 21.9 Å². The molecule has 2 heteroatoms. The molecule has 0 aliphatic heterocycles.